The van der Waals surface area contributed by atoms with Gasteiger partial charge in [0.1, 0.15) is 12.2 Å². The number of urea groups is 1. The van der Waals surface area contributed by atoms with E-state index in [2.05, 4.69) is 15.3 Å². The van der Waals surface area contributed by atoms with Crippen LogP contribution in [0, 0.1) is 0 Å². The molecule has 1 aromatic carbocycles. The first-order chi connectivity index (χ1) is 15.2. The molecule has 0 aliphatic rings. The molecule has 11 heteroatoms. The molecule has 0 saturated carbocycles. The Kier molecular flexibility index (Phi) is 6.79. The van der Waals surface area contributed by atoms with Gasteiger partial charge in [0, 0.05) is 48.5 Å². The average Bonchev–Trinajstić information content (AvgIpc) is 3.18. The number of allylic oxidation sites excluding steroid dienone is 1. The normalized spacial score (nSPS) is 12.8. The molecule has 0 radical (unpaired) electrons. The Morgan fingerprint density at radius 2 is 2.06 bits per heavy atom. The molecule has 0 spiro atoms. The van der Waals surface area contributed by atoms with Crippen molar-refractivity contribution in [2.24, 2.45) is 16.5 Å². The predicted molar refractivity (Wildman–Crippen MR) is 118 cm³/mol. The van der Waals surface area contributed by atoms with Gasteiger partial charge in [-0.15, -0.1) is 0 Å². The molecule has 0 fully saturated rings. The van der Waals surface area contributed by atoms with Crippen LogP contribution in [-0.2, 0) is 0 Å². The van der Waals surface area contributed by atoms with E-state index in [-0.39, 0.29) is 6.54 Å². The molecule has 0 aliphatic carbocycles. The van der Waals surface area contributed by atoms with Crippen molar-refractivity contribution in [3.8, 4) is 11.3 Å². The number of hydrogen-bond donors (Lipinski definition) is 4. The summed E-state index contributed by atoms with van der Waals surface area (Å²) >= 11 is 0. The van der Waals surface area contributed by atoms with E-state index in [1.54, 1.807) is 49.0 Å². The highest BCUT2D eigenvalue weighted by atomic mass is 19.4. The lowest BCUT2D eigenvalue weighted by Gasteiger charge is -2.11. The predicted octanol–water partition coefficient (Wildman–Crippen LogP) is 3.01. The van der Waals surface area contributed by atoms with Crippen LogP contribution in [0.5, 0.6) is 0 Å². The van der Waals surface area contributed by atoms with Gasteiger partial charge in [0.05, 0.1) is 11.9 Å². The number of alkyl halides is 3. The van der Waals surface area contributed by atoms with E-state index >= 15 is 0 Å². The molecule has 8 nitrogen and oxygen atoms in total. The SMILES string of the molecule is CN=CC(=C(N)CN)c1ccn2c(-c3cccc(NC(=O)NCC(F)(F)F)c3)cnc2c1. The quantitative estimate of drug-likeness (QED) is 0.436. The maximum Gasteiger partial charge on any atom is 0.405 e. The summed E-state index contributed by atoms with van der Waals surface area (Å²) in [7, 11) is 1.64. The lowest BCUT2D eigenvalue weighted by molar-refractivity contribution is -0.122. The van der Waals surface area contributed by atoms with Crippen LogP contribution in [0.3, 0.4) is 0 Å². The number of rotatable bonds is 6. The van der Waals surface area contributed by atoms with Crippen LogP contribution >= 0.6 is 0 Å². The number of carbonyl (C=O) groups excluding carboxylic acids is 1. The number of pyridine rings is 1. The first-order valence-electron chi connectivity index (χ1n) is 9.52. The first kappa shape index (κ1) is 22.8. The molecule has 32 heavy (non-hydrogen) atoms. The number of hydrogen-bond acceptors (Lipinski definition) is 5. The largest absolute Gasteiger partial charge is 0.405 e. The topological polar surface area (TPSA) is 123 Å². The third-order valence-corrected chi connectivity index (χ3v) is 4.51. The van der Waals surface area contributed by atoms with Crippen molar-refractivity contribution in [3.63, 3.8) is 0 Å². The molecule has 2 amide bonds. The van der Waals surface area contributed by atoms with E-state index < -0.39 is 18.8 Å². The third kappa shape index (κ3) is 5.43. The highest BCUT2D eigenvalue weighted by Gasteiger charge is 2.27. The minimum absolute atomic E-state index is 0.183. The summed E-state index contributed by atoms with van der Waals surface area (Å²) in [5.74, 6) is 0. The lowest BCUT2D eigenvalue weighted by Crippen LogP contribution is -2.36. The fourth-order valence-corrected chi connectivity index (χ4v) is 3.06. The molecule has 0 saturated heterocycles. The number of nitrogens with zero attached hydrogens (tertiary/aromatic N) is 3. The van der Waals surface area contributed by atoms with Gasteiger partial charge in [0.2, 0.25) is 0 Å². The van der Waals surface area contributed by atoms with Gasteiger partial charge in [-0.3, -0.25) is 9.39 Å². The highest BCUT2D eigenvalue weighted by molar-refractivity contribution is 6.11. The summed E-state index contributed by atoms with van der Waals surface area (Å²) in [4.78, 5) is 20.2. The van der Waals surface area contributed by atoms with E-state index in [0.717, 1.165) is 11.3 Å². The number of nitrogens with one attached hydrogen (secondary N) is 2. The zero-order valence-electron chi connectivity index (χ0n) is 17.1. The van der Waals surface area contributed by atoms with Gasteiger partial charge in [0.25, 0.3) is 0 Å². The van der Waals surface area contributed by atoms with E-state index in [0.29, 0.717) is 28.2 Å². The van der Waals surface area contributed by atoms with E-state index in [1.165, 1.54) is 0 Å². The Bertz CT molecular complexity index is 1180. The summed E-state index contributed by atoms with van der Waals surface area (Å²) in [6.45, 7) is -1.23. The average molecular weight is 445 g/mol. The van der Waals surface area contributed by atoms with Gasteiger partial charge in [-0.05, 0) is 29.8 Å². The van der Waals surface area contributed by atoms with Gasteiger partial charge in [-0.25, -0.2) is 9.78 Å². The molecule has 0 bridgehead atoms. The van der Waals surface area contributed by atoms with Crippen LogP contribution < -0.4 is 22.1 Å². The van der Waals surface area contributed by atoms with Crippen molar-refractivity contribution in [1.82, 2.24) is 14.7 Å². The van der Waals surface area contributed by atoms with Crippen molar-refractivity contribution in [3.05, 3.63) is 60.1 Å². The number of fused-ring (bicyclic) bond motifs is 1. The number of aliphatic imine (C=N–C) groups is 1. The summed E-state index contributed by atoms with van der Waals surface area (Å²) in [5.41, 5.74) is 16.1. The van der Waals surface area contributed by atoms with Crippen molar-refractivity contribution in [2.45, 2.75) is 6.18 Å². The van der Waals surface area contributed by atoms with Crippen molar-refractivity contribution in [1.29, 1.82) is 0 Å². The van der Waals surface area contributed by atoms with Crippen LogP contribution in [0.25, 0.3) is 22.5 Å². The van der Waals surface area contributed by atoms with Crippen LogP contribution in [0.4, 0.5) is 23.7 Å². The standard InChI is InChI=1S/C21H22F3N7O/c1-27-10-16(17(26)9-25)13-5-6-31-18(11-28-19(31)8-13)14-3-2-4-15(7-14)30-20(32)29-12-21(22,23)24/h2-8,10-11H,9,12,25-26H2,1H3,(H2,29,30,32). The van der Waals surface area contributed by atoms with E-state index in [1.807, 2.05) is 22.7 Å². The second-order valence-corrected chi connectivity index (χ2v) is 6.82. The molecule has 3 rings (SSSR count). The summed E-state index contributed by atoms with van der Waals surface area (Å²) in [6.07, 6.45) is 0.625. The van der Waals surface area contributed by atoms with E-state index in [9.17, 15) is 18.0 Å². The number of imidazole rings is 1. The van der Waals surface area contributed by atoms with Gasteiger partial charge in [-0.1, -0.05) is 12.1 Å². The zero-order chi connectivity index (χ0) is 23.3. The molecule has 0 atom stereocenters. The molecule has 2 heterocycles. The lowest BCUT2D eigenvalue weighted by atomic mass is 10.1. The van der Waals surface area contributed by atoms with Gasteiger partial charge in [0.15, 0.2) is 0 Å². The molecule has 3 aromatic rings. The number of nitrogens with two attached hydrogens (primary N) is 2. The number of anilines is 1. The van der Waals surface area contributed by atoms with Gasteiger partial charge in [-0.2, -0.15) is 13.2 Å². The maximum absolute atomic E-state index is 12.3. The molecule has 2 aromatic heterocycles. The molecule has 168 valence electrons. The molecular weight excluding hydrogens is 423 g/mol. The summed E-state index contributed by atoms with van der Waals surface area (Å²) < 4.78 is 38.6. The highest BCUT2D eigenvalue weighted by Crippen LogP contribution is 2.25. The van der Waals surface area contributed by atoms with Crippen molar-refractivity contribution < 1.29 is 18.0 Å². The Balaban J connectivity index is 1.88. The van der Waals surface area contributed by atoms with Crippen LogP contribution in [-0.4, -0.2) is 47.9 Å². The number of benzene rings is 1. The smallest absolute Gasteiger partial charge is 0.400 e. The molecular formula is C21H22F3N7O. The summed E-state index contributed by atoms with van der Waals surface area (Å²) in [5, 5.41) is 4.17. The molecule has 6 N–H and O–H groups in total. The van der Waals surface area contributed by atoms with Crippen molar-refractivity contribution in [2.75, 3.05) is 25.5 Å². The fraction of sp³-hybridized carbons (Fsp3) is 0.190. The summed E-state index contributed by atoms with van der Waals surface area (Å²) in [6, 6.07) is 9.46. The molecule has 0 unspecified atom stereocenters. The van der Waals surface area contributed by atoms with E-state index in [4.69, 9.17) is 11.5 Å². The Morgan fingerprint density at radius 1 is 1.28 bits per heavy atom. The third-order valence-electron chi connectivity index (χ3n) is 4.51. The number of halogens is 3. The fourth-order valence-electron chi connectivity index (χ4n) is 3.06. The Hall–Kier alpha value is -3.86. The van der Waals surface area contributed by atoms with Gasteiger partial charge >= 0.3 is 12.2 Å². The zero-order valence-corrected chi connectivity index (χ0v) is 17.1. The first-order valence-corrected chi connectivity index (χ1v) is 9.52. The van der Waals surface area contributed by atoms with Crippen molar-refractivity contribution >= 4 is 29.2 Å². The van der Waals surface area contributed by atoms with Crippen LogP contribution in [0.2, 0.25) is 0 Å². The van der Waals surface area contributed by atoms with Crippen LogP contribution in [0.1, 0.15) is 5.56 Å². The second-order valence-electron chi connectivity index (χ2n) is 6.82. The number of aromatic nitrogens is 2. The Labute approximate surface area is 181 Å². The maximum atomic E-state index is 12.3. The Morgan fingerprint density at radius 3 is 2.75 bits per heavy atom. The monoisotopic (exact) mass is 445 g/mol. The van der Waals surface area contributed by atoms with Gasteiger partial charge < -0.3 is 22.1 Å². The number of amides is 2. The minimum atomic E-state index is -4.48. The van der Waals surface area contributed by atoms with Crippen LogP contribution in [0.15, 0.2) is 59.5 Å². The second kappa shape index (κ2) is 9.52. The number of carbonyl (C=O) groups is 1. The molecule has 0 aliphatic heterocycles. The minimum Gasteiger partial charge on any atom is -0.400 e.